The maximum Gasteiger partial charge on any atom is 0.222 e. The highest BCUT2D eigenvalue weighted by Crippen LogP contribution is 2.28. The molecule has 0 unspecified atom stereocenters. The van der Waals surface area contributed by atoms with Crippen LogP contribution in [0.15, 0.2) is 48.9 Å². The van der Waals surface area contributed by atoms with E-state index in [1.165, 1.54) is 5.56 Å². The van der Waals surface area contributed by atoms with Gasteiger partial charge in [0.2, 0.25) is 5.91 Å². The quantitative estimate of drug-likeness (QED) is 0.726. The number of carbonyl (C=O) groups is 1. The van der Waals surface area contributed by atoms with Crippen molar-refractivity contribution in [2.75, 3.05) is 13.1 Å². The number of nitrogens with zero attached hydrogens (tertiary/aromatic N) is 4. The molecule has 1 aromatic carbocycles. The summed E-state index contributed by atoms with van der Waals surface area (Å²) in [5.41, 5.74) is 3.41. The van der Waals surface area contributed by atoms with Crippen LogP contribution in [0.25, 0.3) is 5.52 Å². The molecule has 0 bridgehead atoms. The van der Waals surface area contributed by atoms with E-state index in [9.17, 15) is 4.79 Å². The maximum atomic E-state index is 12.7. The van der Waals surface area contributed by atoms with Gasteiger partial charge in [-0.1, -0.05) is 30.3 Å². The Morgan fingerprint density at radius 3 is 2.88 bits per heavy atom. The molecular weight excluding hydrogens is 324 g/mol. The number of rotatable bonds is 4. The number of aromatic nitrogens is 3. The van der Waals surface area contributed by atoms with Gasteiger partial charge in [-0.25, -0.2) is 4.98 Å². The summed E-state index contributed by atoms with van der Waals surface area (Å²) in [6.07, 6.45) is 9.13. The lowest BCUT2D eigenvalue weighted by Crippen LogP contribution is -2.39. The largest absolute Gasteiger partial charge is 0.342 e. The Balaban J connectivity index is 1.47. The predicted molar refractivity (Wildman–Crippen MR) is 101 cm³/mol. The third kappa shape index (κ3) is 3.34. The van der Waals surface area contributed by atoms with Crippen LogP contribution in [0.5, 0.6) is 0 Å². The highest BCUT2D eigenvalue weighted by molar-refractivity contribution is 5.76. The van der Waals surface area contributed by atoms with E-state index in [1.54, 1.807) is 0 Å². The number of piperidine rings is 1. The Kier molecular flexibility index (Phi) is 4.69. The molecule has 3 aromatic rings. The van der Waals surface area contributed by atoms with E-state index in [-0.39, 0.29) is 5.91 Å². The summed E-state index contributed by atoms with van der Waals surface area (Å²) in [4.78, 5) is 23.5. The topological polar surface area (TPSA) is 50.5 Å². The minimum absolute atomic E-state index is 0.251. The fourth-order valence-corrected chi connectivity index (χ4v) is 3.92. The monoisotopic (exact) mass is 348 g/mol. The van der Waals surface area contributed by atoms with Crippen molar-refractivity contribution in [3.8, 4) is 0 Å². The molecule has 4 rings (SSSR count). The molecule has 1 aliphatic rings. The van der Waals surface area contributed by atoms with E-state index in [0.29, 0.717) is 12.3 Å². The van der Waals surface area contributed by atoms with Gasteiger partial charge in [0.1, 0.15) is 5.82 Å². The lowest BCUT2D eigenvalue weighted by molar-refractivity contribution is -0.132. The molecule has 2 aromatic heterocycles. The predicted octanol–water partition coefficient (Wildman–Crippen LogP) is 3.38. The number of aryl methyl sites for hydroxylation is 2. The highest BCUT2D eigenvalue weighted by atomic mass is 16.2. The summed E-state index contributed by atoms with van der Waals surface area (Å²) in [6, 6.07) is 10.2. The first-order chi connectivity index (χ1) is 12.7. The zero-order valence-corrected chi connectivity index (χ0v) is 15.1. The van der Waals surface area contributed by atoms with Gasteiger partial charge >= 0.3 is 0 Å². The molecule has 0 aliphatic carbocycles. The molecule has 0 saturated carbocycles. The molecule has 1 fully saturated rings. The Labute approximate surface area is 153 Å². The van der Waals surface area contributed by atoms with Crippen molar-refractivity contribution >= 4 is 11.4 Å². The first-order valence-electron chi connectivity index (χ1n) is 9.32. The van der Waals surface area contributed by atoms with Gasteiger partial charge in [-0.15, -0.1) is 0 Å². The number of fused-ring (bicyclic) bond motifs is 1. The number of carbonyl (C=O) groups excluding carboxylic acids is 1. The summed E-state index contributed by atoms with van der Waals surface area (Å²) in [7, 11) is 0. The maximum absolute atomic E-state index is 12.7. The van der Waals surface area contributed by atoms with E-state index >= 15 is 0 Å². The molecule has 5 nitrogen and oxygen atoms in total. The molecule has 0 spiro atoms. The zero-order valence-electron chi connectivity index (χ0n) is 15.1. The van der Waals surface area contributed by atoms with Crippen LogP contribution in [0.3, 0.4) is 0 Å². The van der Waals surface area contributed by atoms with Crippen LogP contribution in [0.1, 0.15) is 42.3 Å². The van der Waals surface area contributed by atoms with Crippen LogP contribution in [0.2, 0.25) is 0 Å². The molecule has 5 heteroatoms. The zero-order chi connectivity index (χ0) is 17.9. The minimum atomic E-state index is 0.251. The molecular formula is C21H24N4O. The van der Waals surface area contributed by atoms with Crippen molar-refractivity contribution in [1.29, 1.82) is 0 Å². The summed E-state index contributed by atoms with van der Waals surface area (Å²) >= 11 is 0. The average Bonchev–Trinajstić information content (AvgIpc) is 3.08. The number of likely N-dealkylation sites (tertiary alicyclic amines) is 1. The number of hydrogen-bond donors (Lipinski definition) is 0. The van der Waals surface area contributed by atoms with Crippen molar-refractivity contribution < 1.29 is 4.79 Å². The van der Waals surface area contributed by atoms with Gasteiger partial charge in [-0.2, -0.15) is 0 Å². The molecule has 26 heavy (non-hydrogen) atoms. The Bertz CT molecular complexity index is 903. The van der Waals surface area contributed by atoms with E-state index in [1.807, 2.05) is 48.6 Å². The van der Waals surface area contributed by atoms with E-state index in [2.05, 4.69) is 26.5 Å². The van der Waals surface area contributed by atoms with Crippen molar-refractivity contribution in [1.82, 2.24) is 19.3 Å². The van der Waals surface area contributed by atoms with Crippen molar-refractivity contribution in [2.45, 2.75) is 38.5 Å². The summed E-state index contributed by atoms with van der Waals surface area (Å²) in [5, 5.41) is 0. The molecule has 1 saturated heterocycles. The first kappa shape index (κ1) is 16.8. The van der Waals surface area contributed by atoms with E-state index in [4.69, 9.17) is 0 Å². The van der Waals surface area contributed by atoms with Crippen LogP contribution in [0.4, 0.5) is 0 Å². The first-order valence-corrected chi connectivity index (χ1v) is 9.32. The van der Waals surface area contributed by atoms with Crippen LogP contribution in [-0.2, 0) is 11.2 Å². The molecule has 1 amide bonds. The van der Waals surface area contributed by atoms with Gasteiger partial charge in [0, 0.05) is 37.3 Å². The molecule has 3 heterocycles. The van der Waals surface area contributed by atoms with Crippen LogP contribution >= 0.6 is 0 Å². The van der Waals surface area contributed by atoms with Crippen molar-refractivity contribution in [3.05, 3.63) is 66.0 Å². The lowest BCUT2D eigenvalue weighted by Gasteiger charge is -2.33. The number of imidazole rings is 1. The van der Waals surface area contributed by atoms with E-state index < -0.39 is 0 Å². The number of amides is 1. The highest BCUT2D eigenvalue weighted by Gasteiger charge is 2.26. The SMILES string of the molecule is Cc1ncc2cncc([C@@H]3CCCN(C(=O)CCc4ccccc4)C3)n12. The molecule has 134 valence electrons. The van der Waals surface area contributed by atoms with Gasteiger partial charge in [0.25, 0.3) is 0 Å². The molecule has 1 aliphatic heterocycles. The van der Waals surface area contributed by atoms with Crippen LogP contribution in [0, 0.1) is 6.92 Å². The van der Waals surface area contributed by atoms with Gasteiger partial charge < -0.3 is 4.90 Å². The second-order valence-electron chi connectivity index (χ2n) is 7.06. The fourth-order valence-electron chi connectivity index (χ4n) is 3.92. The summed E-state index contributed by atoms with van der Waals surface area (Å²) in [6.45, 7) is 3.64. The minimum Gasteiger partial charge on any atom is -0.342 e. The van der Waals surface area contributed by atoms with Crippen LogP contribution < -0.4 is 0 Å². The molecule has 1 atom stereocenters. The second-order valence-corrected chi connectivity index (χ2v) is 7.06. The normalized spacial score (nSPS) is 17.6. The standard InChI is InChI=1S/C21H24N4O/c1-16-23-13-19-12-22-14-20(25(16)19)18-8-5-11-24(15-18)21(26)10-9-17-6-3-2-4-7-17/h2-4,6-7,12-14,18H,5,8-11,15H2,1H3/t18-/m1/s1. The van der Waals surface area contributed by atoms with Gasteiger partial charge in [0.15, 0.2) is 0 Å². The third-order valence-corrected chi connectivity index (χ3v) is 5.30. The van der Waals surface area contributed by atoms with Gasteiger partial charge in [-0.05, 0) is 31.7 Å². The number of hydrogen-bond acceptors (Lipinski definition) is 3. The van der Waals surface area contributed by atoms with Gasteiger partial charge in [0.05, 0.1) is 17.9 Å². The summed E-state index contributed by atoms with van der Waals surface area (Å²) in [5.74, 6) is 1.54. The Hall–Kier alpha value is -2.69. The Morgan fingerprint density at radius 1 is 1.19 bits per heavy atom. The van der Waals surface area contributed by atoms with Crippen molar-refractivity contribution in [2.24, 2.45) is 0 Å². The summed E-state index contributed by atoms with van der Waals surface area (Å²) < 4.78 is 2.18. The van der Waals surface area contributed by atoms with Crippen LogP contribution in [-0.4, -0.2) is 38.3 Å². The third-order valence-electron chi connectivity index (χ3n) is 5.30. The average molecular weight is 348 g/mol. The lowest BCUT2D eigenvalue weighted by atomic mass is 9.94. The molecule has 0 radical (unpaired) electrons. The second kappa shape index (κ2) is 7.28. The fraction of sp³-hybridized carbons (Fsp3) is 0.381. The Morgan fingerprint density at radius 2 is 2.04 bits per heavy atom. The van der Waals surface area contributed by atoms with E-state index in [0.717, 1.165) is 49.4 Å². The smallest absolute Gasteiger partial charge is 0.222 e. The van der Waals surface area contributed by atoms with Gasteiger partial charge in [-0.3, -0.25) is 14.2 Å². The molecule has 0 N–H and O–H groups in total. The number of benzene rings is 1. The van der Waals surface area contributed by atoms with Crippen molar-refractivity contribution in [3.63, 3.8) is 0 Å².